The van der Waals surface area contributed by atoms with E-state index in [-0.39, 0.29) is 23.0 Å². The summed E-state index contributed by atoms with van der Waals surface area (Å²) in [5, 5.41) is 13.7. The molecule has 0 atom stereocenters. The minimum absolute atomic E-state index is 0.168. The number of rotatable bonds is 3. The van der Waals surface area contributed by atoms with Crippen LogP contribution >= 0.6 is 15.9 Å². The van der Waals surface area contributed by atoms with Crippen LogP contribution < -0.4 is 5.32 Å². The highest BCUT2D eigenvalue weighted by Crippen LogP contribution is 2.51. The summed E-state index contributed by atoms with van der Waals surface area (Å²) in [6.45, 7) is 9.39. The molecule has 1 aromatic rings. The van der Waals surface area contributed by atoms with Gasteiger partial charge in [0.15, 0.2) is 0 Å². The van der Waals surface area contributed by atoms with Crippen molar-refractivity contribution in [3.05, 3.63) is 28.7 Å². The van der Waals surface area contributed by atoms with Gasteiger partial charge in [0.25, 0.3) is 0 Å². The van der Waals surface area contributed by atoms with Crippen LogP contribution in [0, 0.1) is 10.8 Å². The number of halogens is 1. The zero-order chi connectivity index (χ0) is 15.0. The summed E-state index contributed by atoms with van der Waals surface area (Å²) in [4.78, 5) is 0. The van der Waals surface area contributed by atoms with Crippen molar-refractivity contribution in [1.82, 2.24) is 0 Å². The molecule has 0 unspecified atom stereocenters. The second kappa shape index (κ2) is 5.34. The second-order valence-electron chi connectivity index (χ2n) is 7.90. The van der Waals surface area contributed by atoms with Gasteiger partial charge in [-0.1, -0.05) is 39.8 Å². The molecule has 0 spiro atoms. The van der Waals surface area contributed by atoms with E-state index in [1.165, 1.54) is 6.42 Å². The summed E-state index contributed by atoms with van der Waals surface area (Å²) in [5.41, 5.74) is 1.29. The molecular weight excluding hydrogens is 314 g/mol. The van der Waals surface area contributed by atoms with Crippen LogP contribution in [0.15, 0.2) is 28.7 Å². The molecule has 3 heteroatoms. The van der Waals surface area contributed by atoms with Gasteiger partial charge in [-0.2, -0.15) is 0 Å². The number of anilines is 1. The summed E-state index contributed by atoms with van der Waals surface area (Å²) < 4.78 is 1.05. The number of benzene rings is 1. The third-order valence-electron chi connectivity index (χ3n) is 4.17. The fourth-order valence-corrected chi connectivity index (χ4v) is 4.79. The number of aliphatic hydroxyl groups excluding tert-OH is 1. The average molecular weight is 340 g/mol. The van der Waals surface area contributed by atoms with E-state index in [1.54, 1.807) is 0 Å². The molecule has 2 rings (SSSR count). The van der Waals surface area contributed by atoms with Crippen molar-refractivity contribution in [3.63, 3.8) is 0 Å². The first-order valence-corrected chi connectivity index (χ1v) is 8.10. The van der Waals surface area contributed by atoms with Gasteiger partial charge >= 0.3 is 0 Å². The van der Waals surface area contributed by atoms with Crippen molar-refractivity contribution >= 4 is 21.6 Å². The lowest BCUT2D eigenvalue weighted by Gasteiger charge is -2.52. The third-order valence-corrected chi connectivity index (χ3v) is 4.86. The Morgan fingerprint density at radius 1 is 1.05 bits per heavy atom. The van der Waals surface area contributed by atoms with Gasteiger partial charge < -0.3 is 10.4 Å². The van der Waals surface area contributed by atoms with Crippen LogP contribution in [-0.2, 0) is 0 Å². The predicted octanol–water partition coefficient (Wildman–Crippen LogP) is 4.83. The summed E-state index contributed by atoms with van der Waals surface area (Å²) >= 11 is 3.59. The van der Waals surface area contributed by atoms with E-state index in [0.717, 1.165) is 23.0 Å². The normalized spacial score (nSPS) is 23.3. The Morgan fingerprint density at radius 3 is 2.10 bits per heavy atom. The molecule has 1 aliphatic rings. The smallest absolute Gasteiger partial charge is 0.0661 e. The molecule has 0 bridgehead atoms. The molecule has 0 heterocycles. The van der Waals surface area contributed by atoms with Gasteiger partial charge in [0, 0.05) is 10.2 Å². The quantitative estimate of drug-likeness (QED) is 0.826. The molecule has 2 nitrogen and oxygen atoms in total. The lowest BCUT2D eigenvalue weighted by molar-refractivity contribution is 0.0287. The average Bonchev–Trinajstić information content (AvgIpc) is 2.28. The van der Waals surface area contributed by atoms with Crippen LogP contribution in [0.1, 0.15) is 47.0 Å². The minimum Gasteiger partial charge on any atom is -0.394 e. The maximum atomic E-state index is 10.1. The molecule has 1 fully saturated rings. The third kappa shape index (κ3) is 3.56. The zero-order valence-corrected chi connectivity index (χ0v) is 14.5. The van der Waals surface area contributed by atoms with Gasteiger partial charge in [-0.15, -0.1) is 0 Å². The van der Waals surface area contributed by atoms with E-state index in [2.05, 4.69) is 55.0 Å². The number of para-hydroxylation sites is 1. The van der Waals surface area contributed by atoms with Gasteiger partial charge in [-0.3, -0.25) is 0 Å². The Labute approximate surface area is 131 Å². The van der Waals surface area contributed by atoms with Crippen LogP contribution in [-0.4, -0.2) is 17.3 Å². The van der Waals surface area contributed by atoms with E-state index in [9.17, 15) is 5.11 Å². The van der Waals surface area contributed by atoms with Gasteiger partial charge in [0.05, 0.1) is 12.1 Å². The molecule has 0 amide bonds. The maximum Gasteiger partial charge on any atom is 0.0661 e. The summed E-state index contributed by atoms with van der Waals surface area (Å²) in [7, 11) is 0. The molecule has 1 aliphatic carbocycles. The van der Waals surface area contributed by atoms with Crippen molar-refractivity contribution in [2.24, 2.45) is 10.8 Å². The number of aliphatic hydroxyl groups is 1. The molecule has 0 saturated heterocycles. The summed E-state index contributed by atoms with van der Waals surface area (Å²) in [5.74, 6) is 0. The van der Waals surface area contributed by atoms with Crippen LogP contribution in [0.4, 0.5) is 5.69 Å². The van der Waals surface area contributed by atoms with Gasteiger partial charge in [0.2, 0.25) is 0 Å². The van der Waals surface area contributed by atoms with Gasteiger partial charge in [-0.25, -0.2) is 0 Å². The van der Waals surface area contributed by atoms with Crippen LogP contribution in [0.5, 0.6) is 0 Å². The molecule has 1 aromatic carbocycles. The van der Waals surface area contributed by atoms with Crippen molar-refractivity contribution < 1.29 is 5.11 Å². The van der Waals surface area contributed by atoms with E-state index in [1.807, 2.05) is 18.2 Å². The SMILES string of the molecule is CC1(C)CC(C)(C)CC(CO)(Nc2ccccc2Br)C1. The fraction of sp³-hybridized carbons (Fsp3) is 0.647. The largest absolute Gasteiger partial charge is 0.394 e. The molecule has 112 valence electrons. The standard InChI is InChI=1S/C17H26BrNO/c1-15(2)9-16(3,4)11-17(10-15,12-20)19-14-8-6-5-7-13(14)18/h5-8,19-20H,9-12H2,1-4H3. The van der Waals surface area contributed by atoms with E-state index < -0.39 is 0 Å². The van der Waals surface area contributed by atoms with E-state index >= 15 is 0 Å². The molecular formula is C17H26BrNO. The highest BCUT2D eigenvalue weighted by molar-refractivity contribution is 9.10. The van der Waals surface area contributed by atoms with Gasteiger partial charge in [-0.05, 0) is 58.2 Å². The van der Waals surface area contributed by atoms with E-state index in [0.29, 0.717) is 0 Å². The molecule has 0 aliphatic heterocycles. The first kappa shape index (κ1) is 15.8. The molecule has 0 radical (unpaired) electrons. The molecule has 0 aromatic heterocycles. The van der Waals surface area contributed by atoms with Crippen molar-refractivity contribution in [2.45, 2.75) is 52.5 Å². The number of nitrogens with one attached hydrogen (secondary N) is 1. The maximum absolute atomic E-state index is 10.1. The van der Waals surface area contributed by atoms with E-state index in [4.69, 9.17) is 0 Å². The molecule has 1 saturated carbocycles. The summed E-state index contributed by atoms with van der Waals surface area (Å²) in [6.07, 6.45) is 3.17. The molecule has 2 N–H and O–H groups in total. The lowest BCUT2D eigenvalue weighted by Crippen LogP contribution is -2.53. The lowest BCUT2D eigenvalue weighted by atomic mass is 9.58. The highest BCUT2D eigenvalue weighted by atomic mass is 79.9. The first-order valence-electron chi connectivity index (χ1n) is 7.31. The Bertz CT molecular complexity index is 466. The Morgan fingerprint density at radius 2 is 1.60 bits per heavy atom. The highest BCUT2D eigenvalue weighted by Gasteiger charge is 2.47. The fourth-order valence-electron chi connectivity index (χ4n) is 4.40. The Hall–Kier alpha value is -0.540. The van der Waals surface area contributed by atoms with Crippen LogP contribution in [0.3, 0.4) is 0 Å². The van der Waals surface area contributed by atoms with Crippen molar-refractivity contribution in [3.8, 4) is 0 Å². The topological polar surface area (TPSA) is 32.3 Å². The van der Waals surface area contributed by atoms with Gasteiger partial charge in [0.1, 0.15) is 0 Å². The first-order chi connectivity index (χ1) is 9.17. The predicted molar refractivity (Wildman–Crippen MR) is 89.0 cm³/mol. The zero-order valence-electron chi connectivity index (χ0n) is 13.0. The van der Waals surface area contributed by atoms with Crippen LogP contribution in [0.25, 0.3) is 0 Å². The number of hydrogen-bond acceptors (Lipinski definition) is 2. The van der Waals surface area contributed by atoms with Crippen LogP contribution in [0.2, 0.25) is 0 Å². The monoisotopic (exact) mass is 339 g/mol. The minimum atomic E-state index is -0.241. The summed E-state index contributed by atoms with van der Waals surface area (Å²) in [6, 6.07) is 8.13. The Kier molecular flexibility index (Phi) is 4.23. The number of hydrogen-bond donors (Lipinski definition) is 2. The van der Waals surface area contributed by atoms with Crippen molar-refractivity contribution in [2.75, 3.05) is 11.9 Å². The Balaban J connectivity index is 2.31. The molecule has 20 heavy (non-hydrogen) atoms. The second-order valence-corrected chi connectivity index (χ2v) is 8.76. The van der Waals surface area contributed by atoms with Crippen molar-refractivity contribution in [1.29, 1.82) is 0 Å².